The number of aliphatic hydroxyl groups excluding tert-OH is 1. The van der Waals surface area contributed by atoms with Crippen LogP contribution in [0.3, 0.4) is 0 Å². The number of ether oxygens (including phenoxy) is 2. The van der Waals surface area contributed by atoms with Gasteiger partial charge in [-0.2, -0.15) is 0 Å². The smallest absolute Gasteiger partial charge is 0.250 e. The SMILES string of the molecule is CCOc1ccc(NC(=O)[C@@H]2[C@@H]3CCC4(O3)C(C(=O)Nc3ccccc3Cl)N([C@@H](CC)CO)C(=O)[C@H]24)cc1. The van der Waals surface area contributed by atoms with Gasteiger partial charge < -0.3 is 30.1 Å². The molecule has 0 saturated carbocycles. The predicted molar refractivity (Wildman–Crippen MR) is 142 cm³/mol. The molecule has 3 aliphatic rings. The van der Waals surface area contributed by atoms with Gasteiger partial charge in [-0.05, 0) is 62.6 Å². The topological polar surface area (TPSA) is 117 Å². The Kier molecular flexibility index (Phi) is 7.35. The van der Waals surface area contributed by atoms with Gasteiger partial charge >= 0.3 is 0 Å². The van der Waals surface area contributed by atoms with Crippen LogP contribution in [-0.4, -0.2) is 64.7 Å². The van der Waals surface area contributed by atoms with Crippen LogP contribution in [0.5, 0.6) is 5.75 Å². The van der Waals surface area contributed by atoms with Gasteiger partial charge in [0.2, 0.25) is 17.7 Å². The first kappa shape index (κ1) is 26.5. The second-order valence-corrected chi connectivity index (χ2v) is 10.4. The van der Waals surface area contributed by atoms with Crippen molar-refractivity contribution < 1.29 is 29.0 Å². The minimum absolute atomic E-state index is 0.312. The van der Waals surface area contributed by atoms with E-state index in [4.69, 9.17) is 21.1 Å². The molecular formula is C28H32ClN3O6. The lowest BCUT2D eigenvalue weighted by Gasteiger charge is -2.36. The third-order valence-corrected chi connectivity index (χ3v) is 8.26. The zero-order chi connectivity index (χ0) is 27.0. The molecule has 3 fully saturated rings. The van der Waals surface area contributed by atoms with Crippen LogP contribution in [0.2, 0.25) is 5.02 Å². The van der Waals surface area contributed by atoms with E-state index in [0.717, 1.165) is 0 Å². The third-order valence-electron chi connectivity index (χ3n) is 7.93. The molecule has 3 N–H and O–H groups in total. The van der Waals surface area contributed by atoms with E-state index in [1.54, 1.807) is 48.5 Å². The molecule has 38 heavy (non-hydrogen) atoms. The summed E-state index contributed by atoms with van der Waals surface area (Å²) in [7, 11) is 0. The number of nitrogens with zero attached hydrogens (tertiary/aromatic N) is 1. The van der Waals surface area contributed by atoms with Crippen molar-refractivity contribution in [2.24, 2.45) is 11.8 Å². The van der Waals surface area contributed by atoms with Gasteiger partial charge in [-0.3, -0.25) is 14.4 Å². The Hall–Kier alpha value is -3.14. The molecule has 2 aromatic rings. The fourth-order valence-electron chi connectivity index (χ4n) is 6.29. The summed E-state index contributed by atoms with van der Waals surface area (Å²) in [5.74, 6) is -2.04. The number of carbonyl (C=O) groups is 3. The largest absolute Gasteiger partial charge is 0.494 e. The molecule has 10 heteroatoms. The van der Waals surface area contributed by atoms with E-state index in [9.17, 15) is 19.5 Å². The molecule has 0 radical (unpaired) electrons. The summed E-state index contributed by atoms with van der Waals surface area (Å²) in [6.07, 6.45) is 0.955. The molecular weight excluding hydrogens is 510 g/mol. The summed E-state index contributed by atoms with van der Waals surface area (Å²) in [5.41, 5.74) is -0.176. The second-order valence-electron chi connectivity index (χ2n) is 9.96. The lowest BCUT2D eigenvalue weighted by Crippen LogP contribution is -2.56. The Labute approximate surface area is 226 Å². The summed E-state index contributed by atoms with van der Waals surface area (Å²) in [4.78, 5) is 42.8. The Bertz CT molecular complexity index is 1220. The normalized spacial score (nSPS) is 28.2. The molecule has 1 spiro atoms. The number of benzene rings is 2. The highest BCUT2D eigenvalue weighted by Crippen LogP contribution is 2.59. The van der Waals surface area contributed by atoms with Crippen LogP contribution < -0.4 is 15.4 Å². The van der Waals surface area contributed by atoms with E-state index < -0.39 is 41.5 Å². The summed E-state index contributed by atoms with van der Waals surface area (Å²) in [6.45, 7) is 3.96. The van der Waals surface area contributed by atoms with Gasteiger partial charge in [-0.15, -0.1) is 0 Å². The summed E-state index contributed by atoms with van der Waals surface area (Å²) < 4.78 is 11.9. The number of carbonyl (C=O) groups excluding carboxylic acids is 3. The molecule has 6 atom stereocenters. The maximum absolute atomic E-state index is 14.0. The van der Waals surface area contributed by atoms with E-state index in [1.807, 2.05) is 13.8 Å². The molecule has 3 amide bonds. The summed E-state index contributed by atoms with van der Waals surface area (Å²) >= 11 is 6.29. The number of fused-ring (bicyclic) bond motifs is 1. The van der Waals surface area contributed by atoms with Crippen molar-refractivity contribution in [1.82, 2.24) is 4.90 Å². The molecule has 0 aliphatic carbocycles. The van der Waals surface area contributed by atoms with Gasteiger partial charge in [0, 0.05) is 5.69 Å². The number of anilines is 2. The van der Waals surface area contributed by atoms with Crippen molar-refractivity contribution >= 4 is 40.7 Å². The van der Waals surface area contributed by atoms with E-state index in [-0.39, 0.29) is 18.4 Å². The van der Waals surface area contributed by atoms with E-state index in [2.05, 4.69) is 10.6 Å². The van der Waals surface area contributed by atoms with Crippen molar-refractivity contribution in [3.63, 3.8) is 0 Å². The average molecular weight is 542 g/mol. The van der Waals surface area contributed by atoms with Crippen molar-refractivity contribution in [3.8, 4) is 5.75 Å². The zero-order valence-electron chi connectivity index (χ0n) is 21.4. The number of nitrogens with one attached hydrogen (secondary N) is 2. The quantitative estimate of drug-likeness (QED) is 0.447. The Morgan fingerprint density at radius 1 is 1.16 bits per heavy atom. The average Bonchev–Trinajstić information content (AvgIpc) is 3.55. The van der Waals surface area contributed by atoms with Crippen LogP contribution >= 0.6 is 11.6 Å². The van der Waals surface area contributed by atoms with Gasteiger partial charge in [0.05, 0.1) is 47.9 Å². The third kappa shape index (κ3) is 4.32. The number of likely N-dealkylation sites (tertiary alicyclic amines) is 1. The Morgan fingerprint density at radius 3 is 2.55 bits per heavy atom. The number of hydrogen-bond donors (Lipinski definition) is 3. The maximum atomic E-state index is 14.0. The van der Waals surface area contributed by atoms with Crippen LogP contribution in [0.4, 0.5) is 11.4 Å². The fourth-order valence-corrected chi connectivity index (χ4v) is 6.47. The number of hydrogen-bond acceptors (Lipinski definition) is 6. The minimum atomic E-state index is -1.17. The number of halogens is 1. The molecule has 202 valence electrons. The van der Waals surface area contributed by atoms with Crippen molar-refractivity contribution in [3.05, 3.63) is 53.6 Å². The lowest BCUT2D eigenvalue weighted by atomic mass is 9.70. The van der Waals surface area contributed by atoms with Gasteiger partial charge in [0.25, 0.3) is 0 Å². The molecule has 2 aromatic carbocycles. The second kappa shape index (κ2) is 10.6. The van der Waals surface area contributed by atoms with Crippen LogP contribution in [0.1, 0.15) is 33.1 Å². The van der Waals surface area contributed by atoms with Crippen molar-refractivity contribution in [2.75, 3.05) is 23.8 Å². The summed E-state index contributed by atoms with van der Waals surface area (Å²) in [6, 6.07) is 12.3. The summed E-state index contributed by atoms with van der Waals surface area (Å²) in [5, 5.41) is 16.3. The fraction of sp³-hybridized carbons (Fsp3) is 0.464. The van der Waals surface area contributed by atoms with E-state index in [0.29, 0.717) is 48.0 Å². The number of amides is 3. The number of aliphatic hydroxyl groups is 1. The van der Waals surface area contributed by atoms with E-state index in [1.165, 1.54) is 4.90 Å². The first-order chi connectivity index (χ1) is 18.3. The minimum Gasteiger partial charge on any atom is -0.494 e. The van der Waals surface area contributed by atoms with Gasteiger partial charge in [-0.1, -0.05) is 30.7 Å². The highest BCUT2D eigenvalue weighted by Gasteiger charge is 2.75. The molecule has 3 aliphatic heterocycles. The predicted octanol–water partition coefficient (Wildman–Crippen LogP) is 3.46. The Morgan fingerprint density at radius 2 is 1.89 bits per heavy atom. The van der Waals surface area contributed by atoms with Gasteiger partial charge in [-0.25, -0.2) is 0 Å². The van der Waals surface area contributed by atoms with Crippen LogP contribution in [0, 0.1) is 11.8 Å². The van der Waals surface area contributed by atoms with Gasteiger partial charge in [0.1, 0.15) is 17.4 Å². The molecule has 3 saturated heterocycles. The first-order valence-corrected chi connectivity index (χ1v) is 13.4. The van der Waals surface area contributed by atoms with E-state index >= 15 is 0 Å². The van der Waals surface area contributed by atoms with Gasteiger partial charge in [0.15, 0.2) is 0 Å². The van der Waals surface area contributed by atoms with Crippen LogP contribution in [-0.2, 0) is 19.1 Å². The molecule has 2 bridgehead atoms. The monoisotopic (exact) mass is 541 g/mol. The van der Waals surface area contributed by atoms with Crippen LogP contribution in [0.15, 0.2) is 48.5 Å². The molecule has 3 heterocycles. The molecule has 2 unspecified atom stereocenters. The molecule has 5 rings (SSSR count). The number of rotatable bonds is 9. The van der Waals surface area contributed by atoms with Crippen molar-refractivity contribution in [1.29, 1.82) is 0 Å². The lowest BCUT2D eigenvalue weighted by molar-refractivity contribution is -0.143. The first-order valence-electron chi connectivity index (χ1n) is 13.0. The highest BCUT2D eigenvalue weighted by atomic mass is 35.5. The Balaban J connectivity index is 1.45. The standard InChI is InChI=1S/C28H32ClN3O6/c1-3-17(15-33)32-24(26(35)31-20-8-6-5-7-19(20)29)28-14-13-21(38-28)22(23(28)27(32)36)25(34)30-16-9-11-18(12-10-16)37-4-2/h5-12,17,21-24,33H,3-4,13-15H2,1-2H3,(H,30,34)(H,31,35)/t17-,21-,22+,23-,24?,28?/m0/s1. The zero-order valence-corrected chi connectivity index (χ0v) is 22.1. The van der Waals surface area contributed by atoms with Crippen LogP contribution in [0.25, 0.3) is 0 Å². The molecule has 9 nitrogen and oxygen atoms in total. The number of para-hydroxylation sites is 1. The molecule has 0 aromatic heterocycles. The van der Waals surface area contributed by atoms with Crippen molar-refractivity contribution in [2.45, 2.75) is 56.9 Å². The highest BCUT2D eigenvalue weighted by molar-refractivity contribution is 6.33. The maximum Gasteiger partial charge on any atom is 0.250 e.